The lowest BCUT2D eigenvalue weighted by Crippen LogP contribution is -2.12. The second-order valence-corrected chi connectivity index (χ2v) is 5.09. The Bertz CT molecular complexity index is 221. The Labute approximate surface area is 78.2 Å². The number of hydrogen-bond acceptors (Lipinski definition) is 3. The van der Waals surface area contributed by atoms with E-state index in [1.165, 1.54) is 0 Å². The van der Waals surface area contributed by atoms with E-state index in [-0.39, 0.29) is 12.4 Å². The van der Waals surface area contributed by atoms with E-state index >= 15 is 0 Å². The monoisotopic (exact) mass is 212 g/mol. The van der Waals surface area contributed by atoms with Crippen molar-refractivity contribution in [3.8, 4) is 0 Å². The summed E-state index contributed by atoms with van der Waals surface area (Å²) in [7, 11) is -3.25. The van der Waals surface area contributed by atoms with Crippen LogP contribution in [0.4, 0.5) is 0 Å². The van der Waals surface area contributed by atoms with Gasteiger partial charge in [-0.15, -0.1) is 11.6 Å². The van der Waals surface area contributed by atoms with Crippen LogP contribution in [0.25, 0.3) is 0 Å². The molecule has 5 heteroatoms. The average molecular weight is 213 g/mol. The molecule has 0 aromatic heterocycles. The van der Waals surface area contributed by atoms with Crippen molar-refractivity contribution < 1.29 is 12.6 Å². The van der Waals surface area contributed by atoms with Crippen molar-refractivity contribution in [1.29, 1.82) is 0 Å². The van der Waals surface area contributed by atoms with Gasteiger partial charge in [0.25, 0.3) is 10.1 Å². The van der Waals surface area contributed by atoms with Crippen LogP contribution in [0.15, 0.2) is 0 Å². The minimum atomic E-state index is -3.25. The van der Waals surface area contributed by atoms with Crippen LogP contribution in [-0.2, 0) is 14.3 Å². The third-order valence-corrected chi connectivity index (χ3v) is 3.35. The van der Waals surface area contributed by atoms with E-state index in [0.29, 0.717) is 18.2 Å². The highest BCUT2D eigenvalue weighted by Crippen LogP contribution is 2.30. The second-order valence-electron chi connectivity index (χ2n) is 3.03. The van der Waals surface area contributed by atoms with E-state index in [1.54, 1.807) is 0 Å². The second kappa shape index (κ2) is 4.44. The predicted octanol–water partition coefficient (Wildman–Crippen LogP) is 1.37. The predicted molar refractivity (Wildman–Crippen MR) is 47.8 cm³/mol. The molecule has 0 N–H and O–H groups in total. The van der Waals surface area contributed by atoms with Gasteiger partial charge < -0.3 is 0 Å². The van der Waals surface area contributed by atoms with E-state index in [0.717, 1.165) is 12.8 Å². The molecule has 0 saturated heterocycles. The quantitative estimate of drug-likeness (QED) is 0.380. The summed E-state index contributed by atoms with van der Waals surface area (Å²) in [5, 5.41) is 0. The van der Waals surface area contributed by atoms with Crippen LogP contribution in [0.5, 0.6) is 0 Å². The standard InChI is InChI=1S/C7H13ClO3S/c8-4-1-5-11-12(9,10)6-7-2-3-7/h7H,1-6H2. The van der Waals surface area contributed by atoms with Crippen LogP contribution in [0.3, 0.4) is 0 Å². The van der Waals surface area contributed by atoms with Gasteiger partial charge in [0, 0.05) is 5.88 Å². The molecule has 0 atom stereocenters. The Hall–Kier alpha value is 0.200. The molecule has 0 aliphatic heterocycles. The molecule has 3 nitrogen and oxygen atoms in total. The van der Waals surface area contributed by atoms with Gasteiger partial charge in [-0.2, -0.15) is 8.42 Å². The fourth-order valence-corrected chi connectivity index (χ4v) is 2.35. The molecule has 0 bridgehead atoms. The normalized spacial score (nSPS) is 18.1. The molecule has 12 heavy (non-hydrogen) atoms. The fraction of sp³-hybridized carbons (Fsp3) is 1.00. The lowest BCUT2D eigenvalue weighted by atomic mass is 10.5. The zero-order valence-corrected chi connectivity index (χ0v) is 8.40. The summed E-state index contributed by atoms with van der Waals surface area (Å²) in [4.78, 5) is 0. The number of rotatable bonds is 6. The molecule has 0 radical (unpaired) electrons. The van der Waals surface area contributed by atoms with Gasteiger partial charge in [0.05, 0.1) is 12.4 Å². The van der Waals surface area contributed by atoms with E-state index < -0.39 is 10.1 Å². The number of halogens is 1. The van der Waals surface area contributed by atoms with Crippen molar-refractivity contribution in [2.45, 2.75) is 19.3 Å². The van der Waals surface area contributed by atoms with Crippen molar-refractivity contribution in [3.05, 3.63) is 0 Å². The molecule has 72 valence electrons. The molecule has 1 fully saturated rings. The van der Waals surface area contributed by atoms with Gasteiger partial charge >= 0.3 is 0 Å². The SMILES string of the molecule is O=S(=O)(CC1CC1)OCCCCl. The van der Waals surface area contributed by atoms with Gasteiger partial charge in [-0.05, 0) is 25.2 Å². The maximum absolute atomic E-state index is 11.1. The summed E-state index contributed by atoms with van der Waals surface area (Å²) in [6.07, 6.45) is 2.64. The topological polar surface area (TPSA) is 43.4 Å². The molecule has 0 aromatic rings. The highest BCUT2D eigenvalue weighted by Gasteiger charge is 2.28. The Balaban J connectivity index is 2.17. The van der Waals surface area contributed by atoms with Crippen LogP contribution in [0.1, 0.15) is 19.3 Å². The summed E-state index contributed by atoms with van der Waals surface area (Å²) in [6.45, 7) is 0.221. The van der Waals surface area contributed by atoms with Crippen LogP contribution >= 0.6 is 11.6 Å². The van der Waals surface area contributed by atoms with Gasteiger partial charge in [-0.1, -0.05) is 0 Å². The van der Waals surface area contributed by atoms with Crippen LogP contribution < -0.4 is 0 Å². The summed E-state index contributed by atoms with van der Waals surface area (Å²) in [5.41, 5.74) is 0. The Morgan fingerprint density at radius 3 is 2.58 bits per heavy atom. The van der Waals surface area contributed by atoms with Crippen molar-refractivity contribution in [3.63, 3.8) is 0 Å². The Morgan fingerprint density at radius 1 is 1.42 bits per heavy atom. The van der Waals surface area contributed by atoms with Crippen LogP contribution in [0.2, 0.25) is 0 Å². The van der Waals surface area contributed by atoms with Crippen molar-refractivity contribution in [2.75, 3.05) is 18.2 Å². The summed E-state index contributed by atoms with van der Waals surface area (Å²) in [6, 6.07) is 0. The van der Waals surface area contributed by atoms with Crippen LogP contribution in [-0.4, -0.2) is 26.7 Å². The van der Waals surface area contributed by atoms with Gasteiger partial charge in [-0.25, -0.2) is 0 Å². The van der Waals surface area contributed by atoms with E-state index in [1.807, 2.05) is 0 Å². The third kappa shape index (κ3) is 4.28. The molecular formula is C7H13ClO3S. The molecule has 0 spiro atoms. The van der Waals surface area contributed by atoms with Gasteiger partial charge in [0.2, 0.25) is 0 Å². The van der Waals surface area contributed by atoms with E-state index in [2.05, 4.69) is 0 Å². The third-order valence-electron chi connectivity index (χ3n) is 1.68. The highest BCUT2D eigenvalue weighted by molar-refractivity contribution is 7.86. The molecule has 0 amide bonds. The maximum Gasteiger partial charge on any atom is 0.267 e. The lowest BCUT2D eigenvalue weighted by molar-refractivity contribution is 0.318. The first-order chi connectivity index (χ1) is 5.64. The molecule has 1 saturated carbocycles. The molecule has 1 aliphatic rings. The van der Waals surface area contributed by atoms with Crippen molar-refractivity contribution in [2.24, 2.45) is 5.92 Å². The minimum absolute atomic E-state index is 0.190. The maximum atomic E-state index is 11.1. The van der Waals surface area contributed by atoms with E-state index in [4.69, 9.17) is 15.8 Å². The number of hydrogen-bond donors (Lipinski definition) is 0. The number of alkyl halides is 1. The van der Waals surface area contributed by atoms with Gasteiger partial charge in [-0.3, -0.25) is 4.18 Å². The molecule has 1 rings (SSSR count). The smallest absolute Gasteiger partial charge is 0.267 e. The summed E-state index contributed by atoms with van der Waals surface area (Å²) < 4.78 is 26.9. The largest absolute Gasteiger partial charge is 0.270 e. The summed E-state index contributed by atoms with van der Waals surface area (Å²) >= 11 is 5.37. The molecule has 1 aliphatic carbocycles. The molecule has 0 unspecified atom stereocenters. The lowest BCUT2D eigenvalue weighted by Gasteiger charge is -2.02. The Morgan fingerprint density at radius 2 is 2.08 bits per heavy atom. The van der Waals surface area contributed by atoms with Crippen molar-refractivity contribution in [1.82, 2.24) is 0 Å². The highest BCUT2D eigenvalue weighted by atomic mass is 35.5. The summed E-state index contributed by atoms with van der Waals surface area (Å²) in [5.74, 6) is 0.986. The fourth-order valence-electron chi connectivity index (χ4n) is 0.862. The average Bonchev–Trinajstić information content (AvgIpc) is 2.71. The van der Waals surface area contributed by atoms with Crippen LogP contribution in [0, 0.1) is 5.92 Å². The zero-order valence-electron chi connectivity index (χ0n) is 6.83. The van der Waals surface area contributed by atoms with Crippen molar-refractivity contribution >= 4 is 21.7 Å². The first-order valence-electron chi connectivity index (χ1n) is 4.07. The van der Waals surface area contributed by atoms with E-state index in [9.17, 15) is 8.42 Å². The first kappa shape index (κ1) is 10.3. The van der Waals surface area contributed by atoms with Gasteiger partial charge in [0.15, 0.2) is 0 Å². The van der Waals surface area contributed by atoms with Gasteiger partial charge in [0.1, 0.15) is 0 Å². The molecular weight excluding hydrogens is 200 g/mol. The minimum Gasteiger partial charge on any atom is -0.270 e. The zero-order chi connectivity index (χ0) is 9.03. The molecule has 0 aromatic carbocycles. The first-order valence-corrected chi connectivity index (χ1v) is 6.18. The Kier molecular flexibility index (Phi) is 3.80. The molecule has 0 heterocycles.